The van der Waals surface area contributed by atoms with Crippen LogP contribution in [0.15, 0.2) is 35.1 Å². The van der Waals surface area contributed by atoms with Crippen LogP contribution in [0.1, 0.15) is 16.1 Å². The van der Waals surface area contributed by atoms with Gasteiger partial charge in [0.25, 0.3) is 11.5 Å². The molecular formula is C12H14N4O4S. The molecule has 21 heavy (non-hydrogen) atoms. The molecule has 1 heterocycles. The molecule has 0 aliphatic heterocycles. The molecule has 1 aromatic carbocycles. The summed E-state index contributed by atoms with van der Waals surface area (Å²) in [5, 5.41) is 7.61. The van der Waals surface area contributed by atoms with Crippen molar-refractivity contribution < 1.29 is 13.2 Å². The molecule has 4 N–H and O–H groups in total. The van der Waals surface area contributed by atoms with Gasteiger partial charge in [0, 0.05) is 17.3 Å². The number of hydrogen-bond donors (Lipinski definition) is 4. The standard InChI is InChI=1S/C12H14N4O4S/c1-21(19,20)16-9-4-2-8(3-5-9)12(18)13-7-10-6-11(17)15-14-10/h2-6,16H,7H2,1H3,(H,13,18)(H2,14,15,17). The number of aromatic nitrogens is 2. The molecule has 0 spiro atoms. The number of amides is 1. The highest BCUT2D eigenvalue weighted by Gasteiger charge is 2.07. The number of carbonyl (C=O) groups is 1. The summed E-state index contributed by atoms with van der Waals surface area (Å²) >= 11 is 0. The Kier molecular flexibility index (Phi) is 4.13. The summed E-state index contributed by atoms with van der Waals surface area (Å²) in [5.74, 6) is -0.331. The van der Waals surface area contributed by atoms with Gasteiger partial charge in [0.05, 0.1) is 18.5 Å². The molecule has 2 aromatic rings. The van der Waals surface area contributed by atoms with Gasteiger partial charge in [-0.25, -0.2) is 8.42 Å². The number of aromatic amines is 2. The average Bonchev–Trinajstić information content (AvgIpc) is 2.81. The lowest BCUT2D eigenvalue weighted by molar-refractivity contribution is 0.0950. The fourth-order valence-corrected chi connectivity index (χ4v) is 2.21. The van der Waals surface area contributed by atoms with Crippen molar-refractivity contribution in [2.45, 2.75) is 6.54 Å². The van der Waals surface area contributed by atoms with Crippen molar-refractivity contribution >= 4 is 21.6 Å². The predicted octanol–water partition coefficient (Wildman–Crippen LogP) is 0.00450. The van der Waals surface area contributed by atoms with Gasteiger partial charge in [-0.2, -0.15) is 0 Å². The van der Waals surface area contributed by atoms with Gasteiger partial charge in [-0.05, 0) is 24.3 Å². The summed E-state index contributed by atoms with van der Waals surface area (Å²) in [6.07, 6.45) is 1.05. The average molecular weight is 310 g/mol. The third kappa shape index (κ3) is 4.49. The van der Waals surface area contributed by atoms with E-state index in [9.17, 15) is 18.0 Å². The maximum absolute atomic E-state index is 11.9. The van der Waals surface area contributed by atoms with E-state index in [4.69, 9.17) is 0 Å². The summed E-state index contributed by atoms with van der Waals surface area (Å²) in [7, 11) is -3.34. The van der Waals surface area contributed by atoms with Gasteiger partial charge >= 0.3 is 0 Å². The van der Waals surface area contributed by atoms with Gasteiger partial charge in [-0.1, -0.05) is 0 Å². The molecule has 112 valence electrons. The van der Waals surface area contributed by atoms with Crippen LogP contribution in [0, 0.1) is 0 Å². The van der Waals surface area contributed by atoms with Crippen molar-refractivity contribution in [3.8, 4) is 0 Å². The zero-order chi connectivity index (χ0) is 15.5. The van der Waals surface area contributed by atoms with E-state index in [1.54, 1.807) is 0 Å². The summed E-state index contributed by atoms with van der Waals surface area (Å²) in [4.78, 5) is 22.8. The van der Waals surface area contributed by atoms with Crippen LogP contribution in [0.2, 0.25) is 0 Å². The highest BCUT2D eigenvalue weighted by Crippen LogP contribution is 2.10. The lowest BCUT2D eigenvalue weighted by Gasteiger charge is -2.06. The molecule has 9 heteroatoms. The van der Waals surface area contributed by atoms with Crippen molar-refractivity contribution in [1.29, 1.82) is 0 Å². The lowest BCUT2D eigenvalue weighted by Crippen LogP contribution is -2.23. The molecule has 1 aromatic heterocycles. The first-order valence-corrected chi connectivity index (χ1v) is 7.85. The fraction of sp³-hybridized carbons (Fsp3) is 0.167. The normalized spacial score (nSPS) is 11.1. The second-order valence-corrected chi connectivity index (χ2v) is 6.17. The van der Waals surface area contributed by atoms with Crippen LogP contribution in [-0.4, -0.2) is 30.8 Å². The highest BCUT2D eigenvalue weighted by molar-refractivity contribution is 7.92. The molecule has 0 radical (unpaired) electrons. The quantitative estimate of drug-likeness (QED) is 0.620. The Morgan fingerprint density at radius 3 is 2.38 bits per heavy atom. The van der Waals surface area contributed by atoms with Gasteiger partial charge < -0.3 is 10.4 Å². The Bertz CT molecular complexity index is 789. The summed E-state index contributed by atoms with van der Waals surface area (Å²) < 4.78 is 24.4. The lowest BCUT2D eigenvalue weighted by atomic mass is 10.2. The van der Waals surface area contributed by atoms with Crippen molar-refractivity contribution in [1.82, 2.24) is 15.5 Å². The van der Waals surface area contributed by atoms with Crippen molar-refractivity contribution in [2.75, 3.05) is 11.0 Å². The van der Waals surface area contributed by atoms with Crippen LogP contribution < -0.4 is 15.6 Å². The van der Waals surface area contributed by atoms with E-state index in [2.05, 4.69) is 20.2 Å². The molecule has 1 amide bonds. The van der Waals surface area contributed by atoms with Crippen LogP contribution in [0.25, 0.3) is 0 Å². The Labute approximate surface area is 120 Å². The Morgan fingerprint density at radius 2 is 1.86 bits per heavy atom. The Morgan fingerprint density at radius 1 is 1.19 bits per heavy atom. The SMILES string of the molecule is CS(=O)(=O)Nc1ccc(C(=O)NCc2cc(=O)[nH][nH]2)cc1. The minimum atomic E-state index is -3.34. The van der Waals surface area contributed by atoms with E-state index in [0.29, 0.717) is 16.9 Å². The van der Waals surface area contributed by atoms with Crippen LogP contribution >= 0.6 is 0 Å². The molecule has 0 fully saturated rings. The fourth-order valence-electron chi connectivity index (χ4n) is 1.65. The minimum absolute atomic E-state index is 0.181. The topological polar surface area (TPSA) is 124 Å². The highest BCUT2D eigenvalue weighted by atomic mass is 32.2. The molecule has 2 rings (SSSR count). The Balaban J connectivity index is 1.98. The zero-order valence-corrected chi connectivity index (χ0v) is 12.0. The number of rotatable bonds is 5. The van der Waals surface area contributed by atoms with E-state index in [1.165, 1.54) is 30.3 Å². The minimum Gasteiger partial charge on any atom is -0.346 e. The predicted molar refractivity (Wildman–Crippen MR) is 77.5 cm³/mol. The van der Waals surface area contributed by atoms with E-state index in [0.717, 1.165) is 6.26 Å². The molecular weight excluding hydrogens is 296 g/mol. The second kappa shape index (κ2) is 5.83. The number of H-pyrrole nitrogens is 2. The maximum Gasteiger partial charge on any atom is 0.264 e. The van der Waals surface area contributed by atoms with Crippen molar-refractivity contribution in [3.05, 3.63) is 51.9 Å². The molecule has 0 saturated heterocycles. The molecule has 0 aliphatic carbocycles. The zero-order valence-electron chi connectivity index (χ0n) is 11.1. The third-order valence-electron chi connectivity index (χ3n) is 2.54. The maximum atomic E-state index is 11.9. The van der Waals surface area contributed by atoms with Gasteiger partial charge in [-0.3, -0.25) is 19.4 Å². The largest absolute Gasteiger partial charge is 0.346 e. The monoisotopic (exact) mass is 310 g/mol. The number of anilines is 1. The van der Waals surface area contributed by atoms with Crippen LogP contribution in [-0.2, 0) is 16.6 Å². The van der Waals surface area contributed by atoms with E-state index in [-0.39, 0.29) is 18.0 Å². The van der Waals surface area contributed by atoms with Crippen molar-refractivity contribution in [3.63, 3.8) is 0 Å². The first-order valence-electron chi connectivity index (χ1n) is 5.96. The smallest absolute Gasteiger partial charge is 0.264 e. The molecule has 0 unspecified atom stereocenters. The molecule has 8 nitrogen and oxygen atoms in total. The summed E-state index contributed by atoms with van der Waals surface area (Å²) in [6, 6.07) is 7.34. The van der Waals surface area contributed by atoms with E-state index in [1.807, 2.05) is 0 Å². The van der Waals surface area contributed by atoms with Crippen LogP contribution in [0.4, 0.5) is 5.69 Å². The number of benzene rings is 1. The summed E-state index contributed by atoms with van der Waals surface area (Å²) in [5.41, 5.74) is 1.05. The first kappa shape index (κ1) is 14.9. The second-order valence-electron chi connectivity index (χ2n) is 4.42. The number of sulfonamides is 1. The van der Waals surface area contributed by atoms with Gasteiger partial charge in [0.1, 0.15) is 0 Å². The molecule has 0 atom stereocenters. The summed E-state index contributed by atoms with van der Waals surface area (Å²) in [6.45, 7) is 0.181. The number of nitrogens with one attached hydrogen (secondary N) is 4. The van der Waals surface area contributed by atoms with E-state index < -0.39 is 10.0 Å². The van der Waals surface area contributed by atoms with Gasteiger partial charge in [-0.15, -0.1) is 0 Å². The number of carbonyl (C=O) groups excluding carboxylic acids is 1. The molecule has 0 bridgehead atoms. The third-order valence-corrected chi connectivity index (χ3v) is 3.15. The van der Waals surface area contributed by atoms with E-state index >= 15 is 0 Å². The van der Waals surface area contributed by atoms with Crippen molar-refractivity contribution in [2.24, 2.45) is 0 Å². The van der Waals surface area contributed by atoms with Gasteiger partial charge in [0.2, 0.25) is 10.0 Å². The molecule has 0 aliphatic rings. The Hall–Kier alpha value is -2.55. The first-order chi connectivity index (χ1) is 9.83. The number of hydrogen-bond acceptors (Lipinski definition) is 4. The molecule has 0 saturated carbocycles. The van der Waals surface area contributed by atoms with Crippen LogP contribution in [0.3, 0.4) is 0 Å². The van der Waals surface area contributed by atoms with Crippen LogP contribution in [0.5, 0.6) is 0 Å². The van der Waals surface area contributed by atoms with Gasteiger partial charge in [0.15, 0.2) is 0 Å².